The van der Waals surface area contributed by atoms with Crippen molar-refractivity contribution in [3.63, 3.8) is 0 Å². The molecule has 3 nitrogen and oxygen atoms in total. The summed E-state index contributed by atoms with van der Waals surface area (Å²) in [6.07, 6.45) is 0. The number of rotatable bonds is 3. The van der Waals surface area contributed by atoms with Gasteiger partial charge in [0.2, 0.25) is 0 Å². The number of anilines is 2. The molecule has 0 aliphatic rings. The summed E-state index contributed by atoms with van der Waals surface area (Å²) in [5.41, 5.74) is 4.12. The van der Waals surface area contributed by atoms with Crippen molar-refractivity contribution >= 4 is 17.3 Å². The van der Waals surface area contributed by atoms with Crippen molar-refractivity contribution < 1.29 is 23.7 Å². The van der Waals surface area contributed by atoms with Gasteiger partial charge < -0.3 is 22.8 Å². The van der Waals surface area contributed by atoms with E-state index in [0.29, 0.717) is 5.69 Å². The summed E-state index contributed by atoms with van der Waals surface area (Å²) in [4.78, 5) is 11.1. The largest absolute Gasteiger partial charge is 1.00 e. The second kappa shape index (κ2) is 6.25. The summed E-state index contributed by atoms with van der Waals surface area (Å²) in [6.45, 7) is 4.05. The number of nitrogens with one attached hydrogen (secondary N) is 1. The van der Waals surface area contributed by atoms with Gasteiger partial charge in [-0.1, -0.05) is 24.3 Å². The maximum atomic E-state index is 11.1. The van der Waals surface area contributed by atoms with E-state index in [1.54, 1.807) is 18.2 Å². The van der Waals surface area contributed by atoms with E-state index in [9.17, 15) is 4.79 Å². The molecule has 0 bridgehead atoms. The highest BCUT2D eigenvalue weighted by atomic mass is 35.5. The first-order valence-corrected chi connectivity index (χ1v) is 5.75. The van der Waals surface area contributed by atoms with Gasteiger partial charge in [0.25, 0.3) is 0 Å². The van der Waals surface area contributed by atoms with Crippen LogP contribution >= 0.6 is 0 Å². The second-order valence-electron chi connectivity index (χ2n) is 4.22. The molecule has 2 aromatic rings. The average molecular weight is 278 g/mol. The highest BCUT2D eigenvalue weighted by Gasteiger charge is 2.10. The molecule has 100 valence electrons. The summed E-state index contributed by atoms with van der Waals surface area (Å²) in [7, 11) is 0. The molecule has 0 atom stereocenters. The van der Waals surface area contributed by atoms with Crippen LogP contribution in [0.2, 0.25) is 0 Å². The lowest BCUT2D eigenvalue weighted by Gasteiger charge is -2.13. The van der Waals surface area contributed by atoms with Crippen LogP contribution in [0.4, 0.5) is 11.4 Å². The number of carboxylic acids is 1. The van der Waals surface area contributed by atoms with E-state index in [0.717, 1.165) is 11.3 Å². The molecule has 0 fully saturated rings. The molecule has 0 heterocycles. The molecule has 19 heavy (non-hydrogen) atoms. The lowest BCUT2D eigenvalue weighted by atomic mass is 10.1. The van der Waals surface area contributed by atoms with Crippen LogP contribution in [0.3, 0.4) is 0 Å². The molecule has 4 heteroatoms. The SMILES string of the molecule is Cc1cccc(Nc2ccccc2C(=O)O)c1C.[Cl-].[H+]. The summed E-state index contributed by atoms with van der Waals surface area (Å²) < 4.78 is 0. The number of hydrogen-bond donors (Lipinski definition) is 2. The molecule has 0 radical (unpaired) electrons. The van der Waals surface area contributed by atoms with Crippen molar-refractivity contribution in [3.8, 4) is 0 Å². The zero-order valence-corrected chi connectivity index (χ0v) is 11.5. The van der Waals surface area contributed by atoms with E-state index in [1.165, 1.54) is 5.56 Å². The normalized spacial score (nSPS) is 9.58. The fraction of sp³-hybridized carbons (Fsp3) is 0.133. The Morgan fingerprint density at radius 1 is 1.05 bits per heavy atom. The van der Waals surface area contributed by atoms with E-state index in [4.69, 9.17) is 5.11 Å². The van der Waals surface area contributed by atoms with E-state index >= 15 is 0 Å². The predicted octanol–water partition coefficient (Wildman–Crippen LogP) is 0.862. The van der Waals surface area contributed by atoms with Crippen molar-refractivity contribution in [1.29, 1.82) is 0 Å². The van der Waals surface area contributed by atoms with Gasteiger partial charge >= 0.3 is 7.40 Å². The zero-order chi connectivity index (χ0) is 13.1. The Morgan fingerprint density at radius 2 is 1.68 bits per heavy atom. The van der Waals surface area contributed by atoms with Gasteiger partial charge in [0.05, 0.1) is 11.3 Å². The van der Waals surface area contributed by atoms with E-state index < -0.39 is 5.97 Å². The van der Waals surface area contributed by atoms with Crippen LogP contribution in [0, 0.1) is 13.8 Å². The van der Waals surface area contributed by atoms with Gasteiger partial charge in [-0.25, -0.2) is 4.79 Å². The summed E-state index contributed by atoms with van der Waals surface area (Å²) in [5.74, 6) is -0.927. The van der Waals surface area contributed by atoms with E-state index in [2.05, 4.69) is 5.32 Å². The summed E-state index contributed by atoms with van der Waals surface area (Å²) in [5, 5.41) is 12.3. The van der Waals surface area contributed by atoms with Crippen molar-refractivity contribution in [2.24, 2.45) is 0 Å². The van der Waals surface area contributed by atoms with Gasteiger partial charge in [-0.15, -0.1) is 0 Å². The van der Waals surface area contributed by atoms with Crippen LogP contribution in [-0.2, 0) is 0 Å². The molecular weight excluding hydrogens is 262 g/mol. The van der Waals surface area contributed by atoms with Crippen LogP contribution in [-0.4, -0.2) is 11.1 Å². The highest BCUT2D eigenvalue weighted by Crippen LogP contribution is 2.25. The lowest BCUT2D eigenvalue weighted by molar-refractivity contribution is -0.0000194. The lowest BCUT2D eigenvalue weighted by Crippen LogP contribution is -3.00. The minimum Gasteiger partial charge on any atom is -1.00 e. The van der Waals surface area contributed by atoms with Gasteiger partial charge in [-0.2, -0.15) is 0 Å². The van der Waals surface area contributed by atoms with Gasteiger partial charge in [0.15, 0.2) is 0 Å². The molecule has 2 aromatic carbocycles. The Labute approximate surface area is 120 Å². The Kier molecular flexibility index (Phi) is 4.95. The molecule has 0 saturated carbocycles. The Bertz CT molecular complexity index is 602. The first-order chi connectivity index (χ1) is 8.59. The molecule has 0 amide bonds. The third-order valence-corrected chi connectivity index (χ3v) is 3.03. The Morgan fingerprint density at radius 3 is 2.37 bits per heavy atom. The van der Waals surface area contributed by atoms with Gasteiger partial charge in [-0.05, 0) is 43.2 Å². The fourth-order valence-electron chi connectivity index (χ4n) is 1.81. The molecule has 0 aliphatic heterocycles. The zero-order valence-electron chi connectivity index (χ0n) is 11.8. The molecule has 0 unspecified atom stereocenters. The molecular formula is C15H16ClNO2. The number of halogens is 1. The summed E-state index contributed by atoms with van der Waals surface area (Å²) in [6, 6.07) is 12.8. The molecule has 0 aliphatic carbocycles. The monoisotopic (exact) mass is 277 g/mol. The smallest absolute Gasteiger partial charge is 1.00 e. The third-order valence-electron chi connectivity index (χ3n) is 3.03. The van der Waals surface area contributed by atoms with Crippen molar-refractivity contribution in [2.75, 3.05) is 5.32 Å². The Hall–Kier alpha value is -2.00. The minimum absolute atomic E-state index is 0. The quantitative estimate of drug-likeness (QED) is 0.875. The molecule has 2 rings (SSSR count). The number of aryl methyl sites for hydroxylation is 1. The number of carboxylic acid groups (broad SMARTS) is 1. The van der Waals surface area contributed by atoms with Crippen LogP contribution in [0.15, 0.2) is 42.5 Å². The van der Waals surface area contributed by atoms with Crippen molar-refractivity contribution in [3.05, 3.63) is 59.2 Å². The summed E-state index contributed by atoms with van der Waals surface area (Å²) >= 11 is 0. The van der Waals surface area contributed by atoms with Crippen LogP contribution in [0.1, 0.15) is 22.9 Å². The number of carbonyl (C=O) groups is 1. The molecule has 0 saturated heterocycles. The van der Waals surface area contributed by atoms with Gasteiger partial charge in [-0.3, -0.25) is 0 Å². The first kappa shape index (κ1) is 15.1. The molecule has 0 aromatic heterocycles. The van der Waals surface area contributed by atoms with E-state index in [1.807, 2.05) is 38.1 Å². The highest BCUT2D eigenvalue weighted by molar-refractivity contribution is 5.95. The fourth-order valence-corrected chi connectivity index (χ4v) is 1.81. The van der Waals surface area contributed by atoms with Gasteiger partial charge in [0.1, 0.15) is 0 Å². The van der Waals surface area contributed by atoms with Crippen LogP contribution in [0.5, 0.6) is 0 Å². The number of benzene rings is 2. The van der Waals surface area contributed by atoms with Crippen LogP contribution in [0.25, 0.3) is 0 Å². The minimum atomic E-state index is -0.927. The van der Waals surface area contributed by atoms with Crippen molar-refractivity contribution in [1.82, 2.24) is 0 Å². The number of hydrogen-bond acceptors (Lipinski definition) is 2. The third kappa shape index (κ3) is 3.26. The topological polar surface area (TPSA) is 49.3 Å². The molecule has 0 spiro atoms. The number of para-hydroxylation sites is 1. The molecule has 2 N–H and O–H groups in total. The standard InChI is InChI=1S/C15H15NO2.ClH/c1-10-6-5-9-13(11(10)2)16-14-8-4-3-7-12(14)15(17)18;/h3-9,16H,1-2H3,(H,17,18);1H. The maximum Gasteiger partial charge on any atom is 1.00 e. The maximum absolute atomic E-state index is 11.1. The number of aromatic carboxylic acids is 1. The predicted molar refractivity (Wildman–Crippen MR) is 73.7 cm³/mol. The second-order valence-corrected chi connectivity index (χ2v) is 4.22. The van der Waals surface area contributed by atoms with E-state index in [-0.39, 0.29) is 19.4 Å². The van der Waals surface area contributed by atoms with Crippen molar-refractivity contribution in [2.45, 2.75) is 13.8 Å². The first-order valence-electron chi connectivity index (χ1n) is 5.75. The van der Waals surface area contributed by atoms with Crippen LogP contribution < -0.4 is 17.7 Å². The average Bonchev–Trinajstić information content (AvgIpc) is 2.35. The van der Waals surface area contributed by atoms with Gasteiger partial charge in [0, 0.05) is 5.69 Å². The Balaban J connectivity index is 0.00000180.